The van der Waals surface area contributed by atoms with E-state index in [0.29, 0.717) is 27.8 Å². The Bertz CT molecular complexity index is 958. The number of esters is 1. The molecule has 1 aliphatic heterocycles. The fraction of sp³-hybridized carbons (Fsp3) is 0.455. The normalized spacial score (nSPS) is 17.3. The molecule has 0 bridgehead atoms. The Morgan fingerprint density at radius 2 is 1.67 bits per heavy atom. The maximum atomic E-state index is 14.1. The second-order valence-corrected chi connectivity index (χ2v) is 9.50. The molecule has 30 heavy (non-hydrogen) atoms. The van der Waals surface area contributed by atoms with Gasteiger partial charge in [-0.2, -0.15) is 5.26 Å². The van der Waals surface area contributed by atoms with Crippen molar-refractivity contribution in [2.75, 3.05) is 7.11 Å². The van der Waals surface area contributed by atoms with Gasteiger partial charge in [0.15, 0.2) is 0 Å². The van der Waals surface area contributed by atoms with Crippen LogP contribution in [0.5, 0.6) is 0 Å². The molecule has 1 aliphatic rings. The predicted molar refractivity (Wildman–Crippen MR) is 114 cm³/mol. The van der Waals surface area contributed by atoms with Crippen molar-refractivity contribution in [2.24, 2.45) is 0 Å². The molecule has 1 heterocycles. The average molecular weight is 432 g/mol. The molecule has 1 unspecified atom stereocenters. The molecule has 0 aromatic heterocycles. The first-order valence-electron chi connectivity index (χ1n) is 9.79. The molecule has 8 heteroatoms. The molecule has 0 saturated carbocycles. The number of nitrogens with one attached hydrogen (secondary N) is 1. The van der Waals surface area contributed by atoms with Crippen LogP contribution in [0, 0.1) is 11.3 Å². The maximum absolute atomic E-state index is 14.1. The van der Waals surface area contributed by atoms with Crippen molar-refractivity contribution >= 4 is 13.6 Å². The number of methoxy groups -OCH3 is 1. The smallest absolute Gasteiger partial charge is 0.360 e. The highest BCUT2D eigenvalue weighted by Crippen LogP contribution is 2.65. The van der Waals surface area contributed by atoms with Crippen LogP contribution in [0.2, 0.25) is 0 Å². The van der Waals surface area contributed by atoms with E-state index in [4.69, 9.17) is 13.8 Å². The van der Waals surface area contributed by atoms with Crippen molar-refractivity contribution < 1.29 is 23.1 Å². The number of ether oxygens (including phenoxy) is 1. The van der Waals surface area contributed by atoms with Crippen LogP contribution in [0.4, 0.5) is 0 Å². The van der Waals surface area contributed by atoms with E-state index in [1.54, 1.807) is 65.8 Å². The summed E-state index contributed by atoms with van der Waals surface area (Å²) in [6.45, 7) is 10.6. The van der Waals surface area contributed by atoms with E-state index in [-0.39, 0.29) is 5.57 Å². The Hall–Kier alpha value is -2.39. The van der Waals surface area contributed by atoms with Crippen molar-refractivity contribution in [3.63, 3.8) is 0 Å². The number of allylic oxidation sites excluding steroid dienone is 3. The summed E-state index contributed by atoms with van der Waals surface area (Å²) < 4.78 is 30.9. The Kier molecular flexibility index (Phi) is 7.65. The Balaban J connectivity index is 2.87. The molecule has 1 aromatic carbocycles. The minimum absolute atomic E-state index is 0.265. The molecule has 1 N–H and O–H groups in total. The summed E-state index contributed by atoms with van der Waals surface area (Å²) in [7, 11) is -2.58. The van der Waals surface area contributed by atoms with Crippen molar-refractivity contribution in [3.05, 3.63) is 57.7 Å². The predicted octanol–water partition coefficient (Wildman–Crippen LogP) is 4.97. The number of hydrogen-bond acceptors (Lipinski definition) is 7. The third-order valence-corrected chi connectivity index (χ3v) is 7.10. The first-order chi connectivity index (χ1) is 14.1. The highest BCUT2D eigenvalue weighted by atomic mass is 31.2. The van der Waals surface area contributed by atoms with Gasteiger partial charge in [0.25, 0.3) is 0 Å². The highest BCUT2D eigenvalue weighted by molar-refractivity contribution is 7.58. The van der Waals surface area contributed by atoms with Gasteiger partial charge < -0.3 is 19.1 Å². The van der Waals surface area contributed by atoms with Gasteiger partial charge in [0.1, 0.15) is 0 Å². The molecule has 0 fully saturated rings. The van der Waals surface area contributed by atoms with Gasteiger partial charge in [-0.1, -0.05) is 18.2 Å². The van der Waals surface area contributed by atoms with E-state index in [1.165, 1.54) is 7.11 Å². The van der Waals surface area contributed by atoms with Gasteiger partial charge in [0.05, 0.1) is 47.8 Å². The first-order valence-corrected chi connectivity index (χ1v) is 11.3. The van der Waals surface area contributed by atoms with Gasteiger partial charge in [-0.05, 0) is 53.2 Å². The topological polar surface area (TPSA) is 97.7 Å². The summed E-state index contributed by atoms with van der Waals surface area (Å²) >= 11 is 0. The second kappa shape index (κ2) is 9.61. The lowest BCUT2D eigenvalue weighted by molar-refractivity contribution is -0.136. The summed E-state index contributed by atoms with van der Waals surface area (Å²) in [4.78, 5) is 12.8. The maximum Gasteiger partial charge on any atom is 0.360 e. The average Bonchev–Trinajstić information content (AvgIpc) is 2.65. The van der Waals surface area contributed by atoms with Crippen molar-refractivity contribution in [1.82, 2.24) is 5.32 Å². The molecule has 0 spiro atoms. The third-order valence-electron chi connectivity index (χ3n) is 4.52. The number of carbonyl (C=O) groups excluding carboxylic acids is 1. The van der Waals surface area contributed by atoms with Crippen LogP contribution in [0.25, 0.3) is 0 Å². The molecule has 1 aromatic rings. The molecular formula is C22H29N2O5P. The molecule has 0 amide bonds. The van der Waals surface area contributed by atoms with E-state index in [1.807, 2.05) is 0 Å². The Morgan fingerprint density at radius 1 is 1.10 bits per heavy atom. The molecule has 162 valence electrons. The lowest BCUT2D eigenvalue weighted by atomic mass is 9.84. The van der Waals surface area contributed by atoms with E-state index >= 15 is 0 Å². The van der Waals surface area contributed by atoms with Gasteiger partial charge >= 0.3 is 13.6 Å². The van der Waals surface area contributed by atoms with Crippen molar-refractivity contribution in [2.45, 2.75) is 59.7 Å². The fourth-order valence-corrected chi connectivity index (χ4v) is 6.01. The van der Waals surface area contributed by atoms with Gasteiger partial charge in [-0.3, -0.25) is 4.57 Å². The summed E-state index contributed by atoms with van der Waals surface area (Å²) in [5, 5.41) is 13.1. The third kappa shape index (κ3) is 4.84. The van der Waals surface area contributed by atoms with Gasteiger partial charge in [0.2, 0.25) is 0 Å². The number of carbonyl (C=O) groups is 1. The van der Waals surface area contributed by atoms with E-state index in [9.17, 15) is 14.6 Å². The SMILES string of the molecule is COC(=O)C1=C(C)NC(C)=C(P(=O)(OC(C)C)OC(C)C)C1c1ccccc1C#N. The van der Waals surface area contributed by atoms with Gasteiger partial charge in [-0.15, -0.1) is 0 Å². The number of nitrogens with zero attached hydrogens (tertiary/aromatic N) is 1. The zero-order chi connectivity index (χ0) is 22.6. The lowest BCUT2D eigenvalue weighted by Crippen LogP contribution is -2.30. The van der Waals surface area contributed by atoms with Crippen LogP contribution in [-0.4, -0.2) is 25.3 Å². The first kappa shape index (κ1) is 23.9. The largest absolute Gasteiger partial charge is 0.466 e. The molecule has 0 radical (unpaired) electrons. The van der Waals surface area contributed by atoms with Crippen molar-refractivity contribution in [1.29, 1.82) is 5.26 Å². The number of rotatable bonds is 7. The van der Waals surface area contributed by atoms with Crippen LogP contribution in [0.3, 0.4) is 0 Å². The van der Waals surface area contributed by atoms with Crippen LogP contribution < -0.4 is 5.32 Å². The van der Waals surface area contributed by atoms with Crippen LogP contribution in [-0.2, 0) is 23.1 Å². The summed E-state index contributed by atoms with van der Waals surface area (Å²) in [6.07, 6.45) is -0.786. The summed E-state index contributed by atoms with van der Waals surface area (Å²) in [5.41, 5.74) is 2.28. The second-order valence-electron chi connectivity index (χ2n) is 7.60. The quantitative estimate of drug-likeness (QED) is 0.480. The van der Waals surface area contributed by atoms with E-state index in [0.717, 1.165) is 0 Å². The standard InChI is InChI=1S/C22H29N2O5P/c1-13(2)28-30(26,29-14(3)4)21-16(6)24-15(5)19(22(25)27-7)20(21)18-11-9-8-10-17(18)12-23/h8-11,13-14,20,24H,1-7H3. The number of dihydropyridines is 1. The monoisotopic (exact) mass is 432 g/mol. The summed E-state index contributed by atoms with van der Waals surface area (Å²) in [5.74, 6) is -1.40. The molecule has 7 nitrogen and oxygen atoms in total. The van der Waals surface area contributed by atoms with E-state index in [2.05, 4.69) is 11.4 Å². The number of benzene rings is 1. The zero-order valence-electron chi connectivity index (χ0n) is 18.5. The molecule has 1 atom stereocenters. The number of nitriles is 1. The fourth-order valence-electron chi connectivity index (χ4n) is 3.57. The molecule has 2 rings (SSSR count). The minimum Gasteiger partial charge on any atom is -0.466 e. The van der Waals surface area contributed by atoms with Crippen LogP contribution in [0.1, 0.15) is 58.6 Å². The minimum atomic E-state index is -3.86. The van der Waals surface area contributed by atoms with Gasteiger partial charge in [0, 0.05) is 11.4 Å². The molecule has 0 aliphatic carbocycles. The molecular weight excluding hydrogens is 403 g/mol. The Labute approximate surface area is 178 Å². The number of hydrogen-bond donors (Lipinski definition) is 1. The van der Waals surface area contributed by atoms with Crippen LogP contribution in [0.15, 0.2) is 46.5 Å². The summed E-state index contributed by atoms with van der Waals surface area (Å²) in [6, 6.07) is 9.08. The molecule has 0 saturated heterocycles. The van der Waals surface area contributed by atoms with Crippen molar-refractivity contribution in [3.8, 4) is 6.07 Å². The van der Waals surface area contributed by atoms with Gasteiger partial charge in [-0.25, -0.2) is 4.79 Å². The highest BCUT2D eigenvalue weighted by Gasteiger charge is 2.46. The lowest BCUT2D eigenvalue weighted by Gasteiger charge is -2.36. The zero-order valence-corrected chi connectivity index (χ0v) is 19.4. The van der Waals surface area contributed by atoms with Crippen LogP contribution >= 0.6 is 7.60 Å². The Morgan fingerprint density at radius 3 is 2.17 bits per heavy atom. The van der Waals surface area contributed by atoms with E-state index < -0.39 is 31.7 Å².